The molecular weight excluding hydrogens is 188 g/mol. The first-order valence-electron chi connectivity index (χ1n) is 5.87. The quantitative estimate of drug-likeness (QED) is 0.827. The third-order valence-electron chi connectivity index (χ3n) is 3.06. The third kappa shape index (κ3) is 3.08. The largest absolute Gasteiger partial charge is 0.468 e. The van der Waals surface area contributed by atoms with Crippen molar-refractivity contribution < 1.29 is 4.42 Å². The molecule has 1 aromatic heterocycles. The Kier molecular flexibility index (Phi) is 3.80. The van der Waals surface area contributed by atoms with Crippen molar-refractivity contribution in [3.8, 4) is 0 Å². The van der Waals surface area contributed by atoms with E-state index in [1.807, 2.05) is 12.1 Å². The molecule has 2 N–H and O–H groups in total. The summed E-state index contributed by atoms with van der Waals surface area (Å²) in [6.45, 7) is 3.30. The molecule has 1 aromatic rings. The molecule has 1 unspecified atom stereocenters. The fourth-order valence-electron chi connectivity index (χ4n) is 2.19. The first-order valence-corrected chi connectivity index (χ1v) is 5.87. The maximum Gasteiger partial charge on any atom is 0.121 e. The molecule has 3 nitrogen and oxygen atoms in total. The first-order chi connectivity index (χ1) is 7.36. The van der Waals surface area contributed by atoms with E-state index in [9.17, 15) is 0 Å². The van der Waals surface area contributed by atoms with E-state index in [2.05, 4.69) is 4.90 Å². The van der Waals surface area contributed by atoms with Gasteiger partial charge in [0.25, 0.3) is 0 Å². The number of likely N-dealkylation sites (tertiary alicyclic amines) is 1. The van der Waals surface area contributed by atoms with Gasteiger partial charge in [0.1, 0.15) is 5.76 Å². The lowest BCUT2D eigenvalue weighted by atomic mass is 10.2. The number of hydrogen-bond acceptors (Lipinski definition) is 3. The average Bonchev–Trinajstić information content (AvgIpc) is 2.65. The Balaban J connectivity index is 1.84. The molecule has 1 saturated heterocycles. The Bertz CT molecular complexity index is 263. The monoisotopic (exact) mass is 208 g/mol. The van der Waals surface area contributed by atoms with E-state index in [-0.39, 0.29) is 6.04 Å². The number of hydrogen-bond donors (Lipinski definition) is 1. The molecule has 0 spiro atoms. The van der Waals surface area contributed by atoms with Crippen molar-refractivity contribution in [1.82, 2.24) is 4.90 Å². The highest BCUT2D eigenvalue weighted by molar-refractivity contribution is 5.04. The topological polar surface area (TPSA) is 42.4 Å². The Hall–Kier alpha value is -0.800. The highest BCUT2D eigenvalue weighted by atomic mass is 16.3. The summed E-state index contributed by atoms with van der Waals surface area (Å²) in [5.41, 5.74) is 6.09. The van der Waals surface area contributed by atoms with E-state index in [0.717, 1.165) is 12.3 Å². The van der Waals surface area contributed by atoms with Gasteiger partial charge in [0.15, 0.2) is 0 Å². The van der Waals surface area contributed by atoms with Gasteiger partial charge in [-0.3, -0.25) is 0 Å². The minimum atomic E-state index is 0.0260. The van der Waals surface area contributed by atoms with Crippen LogP contribution < -0.4 is 5.73 Å². The van der Waals surface area contributed by atoms with Gasteiger partial charge in [0.2, 0.25) is 0 Å². The number of rotatable bonds is 3. The van der Waals surface area contributed by atoms with Crippen molar-refractivity contribution in [1.29, 1.82) is 0 Å². The van der Waals surface area contributed by atoms with Gasteiger partial charge in [-0.1, -0.05) is 12.8 Å². The smallest absolute Gasteiger partial charge is 0.121 e. The zero-order valence-corrected chi connectivity index (χ0v) is 9.19. The SMILES string of the molecule is NC(CN1CCCCCC1)c1ccco1. The molecular formula is C12H20N2O. The third-order valence-corrected chi connectivity index (χ3v) is 3.06. The van der Waals surface area contributed by atoms with E-state index in [1.165, 1.54) is 38.8 Å². The van der Waals surface area contributed by atoms with Crippen LogP contribution in [0.15, 0.2) is 22.8 Å². The van der Waals surface area contributed by atoms with Crippen LogP contribution in [-0.4, -0.2) is 24.5 Å². The summed E-state index contributed by atoms with van der Waals surface area (Å²) in [5, 5.41) is 0. The van der Waals surface area contributed by atoms with Gasteiger partial charge in [0.05, 0.1) is 12.3 Å². The molecule has 2 rings (SSSR count). The van der Waals surface area contributed by atoms with E-state index < -0.39 is 0 Å². The van der Waals surface area contributed by atoms with Crippen molar-refractivity contribution in [3.05, 3.63) is 24.2 Å². The van der Waals surface area contributed by atoms with E-state index in [1.54, 1.807) is 6.26 Å². The molecule has 1 atom stereocenters. The number of furan rings is 1. The normalized spacial score (nSPS) is 21.1. The maximum absolute atomic E-state index is 6.09. The van der Waals surface area contributed by atoms with Gasteiger partial charge < -0.3 is 15.1 Å². The minimum absolute atomic E-state index is 0.0260. The molecule has 2 heterocycles. The summed E-state index contributed by atoms with van der Waals surface area (Å²) < 4.78 is 5.32. The van der Waals surface area contributed by atoms with E-state index >= 15 is 0 Å². The second-order valence-corrected chi connectivity index (χ2v) is 4.34. The summed E-state index contributed by atoms with van der Waals surface area (Å²) in [6.07, 6.45) is 7.05. The van der Waals surface area contributed by atoms with Crippen LogP contribution in [0.5, 0.6) is 0 Å². The molecule has 84 valence electrons. The maximum atomic E-state index is 6.09. The van der Waals surface area contributed by atoms with Crippen LogP contribution in [0.1, 0.15) is 37.5 Å². The Morgan fingerprint density at radius 3 is 2.60 bits per heavy atom. The lowest BCUT2D eigenvalue weighted by molar-refractivity contribution is 0.256. The van der Waals surface area contributed by atoms with Crippen LogP contribution in [-0.2, 0) is 0 Å². The molecule has 0 amide bonds. The minimum Gasteiger partial charge on any atom is -0.468 e. The van der Waals surface area contributed by atoms with Gasteiger partial charge in [-0.05, 0) is 38.1 Å². The van der Waals surface area contributed by atoms with Gasteiger partial charge in [-0.15, -0.1) is 0 Å². The molecule has 1 aliphatic heterocycles. The van der Waals surface area contributed by atoms with Gasteiger partial charge in [-0.2, -0.15) is 0 Å². The van der Waals surface area contributed by atoms with Crippen LogP contribution in [0.25, 0.3) is 0 Å². The molecule has 0 radical (unpaired) electrons. The highest BCUT2D eigenvalue weighted by Gasteiger charge is 2.15. The standard InChI is InChI=1S/C12H20N2O/c13-11(12-6-5-9-15-12)10-14-7-3-1-2-4-8-14/h5-6,9,11H,1-4,7-8,10,13H2. The van der Waals surface area contributed by atoms with Crippen molar-refractivity contribution in [2.45, 2.75) is 31.7 Å². The summed E-state index contributed by atoms with van der Waals surface area (Å²) in [4.78, 5) is 2.46. The lowest BCUT2D eigenvalue weighted by Crippen LogP contribution is -2.32. The molecule has 15 heavy (non-hydrogen) atoms. The summed E-state index contributed by atoms with van der Waals surface area (Å²) in [7, 11) is 0. The van der Waals surface area contributed by atoms with E-state index in [4.69, 9.17) is 10.2 Å². The zero-order chi connectivity index (χ0) is 10.5. The lowest BCUT2D eigenvalue weighted by Gasteiger charge is -2.22. The molecule has 0 bridgehead atoms. The van der Waals surface area contributed by atoms with Crippen molar-refractivity contribution in [2.75, 3.05) is 19.6 Å². The second-order valence-electron chi connectivity index (χ2n) is 4.34. The first kappa shape index (κ1) is 10.7. The van der Waals surface area contributed by atoms with Crippen LogP contribution in [0.4, 0.5) is 0 Å². The summed E-state index contributed by atoms with van der Waals surface area (Å²) in [5.74, 6) is 0.902. The molecule has 3 heteroatoms. The summed E-state index contributed by atoms with van der Waals surface area (Å²) in [6, 6.07) is 3.89. The second kappa shape index (κ2) is 5.33. The van der Waals surface area contributed by atoms with Crippen LogP contribution >= 0.6 is 0 Å². The van der Waals surface area contributed by atoms with Crippen LogP contribution in [0.3, 0.4) is 0 Å². The molecule has 0 saturated carbocycles. The molecule has 0 aromatic carbocycles. The van der Waals surface area contributed by atoms with Crippen molar-refractivity contribution in [2.24, 2.45) is 5.73 Å². The molecule has 1 fully saturated rings. The Labute approximate surface area is 91.2 Å². The predicted octanol–water partition coefficient (Wildman–Crippen LogP) is 2.16. The highest BCUT2D eigenvalue weighted by Crippen LogP contribution is 2.15. The van der Waals surface area contributed by atoms with Gasteiger partial charge in [0, 0.05) is 6.54 Å². The van der Waals surface area contributed by atoms with Crippen molar-refractivity contribution >= 4 is 0 Å². The molecule has 1 aliphatic rings. The van der Waals surface area contributed by atoms with Crippen LogP contribution in [0.2, 0.25) is 0 Å². The molecule has 0 aliphatic carbocycles. The number of nitrogens with zero attached hydrogens (tertiary/aromatic N) is 1. The predicted molar refractivity (Wildman–Crippen MR) is 60.5 cm³/mol. The Morgan fingerprint density at radius 2 is 2.00 bits per heavy atom. The fraction of sp³-hybridized carbons (Fsp3) is 0.667. The van der Waals surface area contributed by atoms with Crippen LogP contribution in [0, 0.1) is 0 Å². The Morgan fingerprint density at radius 1 is 1.27 bits per heavy atom. The summed E-state index contributed by atoms with van der Waals surface area (Å²) >= 11 is 0. The van der Waals surface area contributed by atoms with Gasteiger partial charge >= 0.3 is 0 Å². The van der Waals surface area contributed by atoms with Gasteiger partial charge in [-0.25, -0.2) is 0 Å². The fourth-order valence-corrected chi connectivity index (χ4v) is 2.19. The van der Waals surface area contributed by atoms with Crippen molar-refractivity contribution in [3.63, 3.8) is 0 Å². The average molecular weight is 208 g/mol. The van der Waals surface area contributed by atoms with E-state index in [0.29, 0.717) is 0 Å². The zero-order valence-electron chi connectivity index (χ0n) is 9.19. The number of nitrogens with two attached hydrogens (primary N) is 1.